The van der Waals surface area contributed by atoms with Gasteiger partial charge in [-0.2, -0.15) is 0 Å². The number of ketones is 1. The number of alkyl halides is 1. The first-order valence-corrected chi connectivity index (χ1v) is 10.9. The molecule has 1 aromatic carbocycles. The number of benzene rings is 1. The zero-order valence-corrected chi connectivity index (χ0v) is 18.5. The number of halogens is 1. The molecule has 3 rings (SSSR count). The zero-order chi connectivity index (χ0) is 19.1. The van der Waals surface area contributed by atoms with Gasteiger partial charge in [0, 0.05) is 34.9 Å². The van der Waals surface area contributed by atoms with Gasteiger partial charge in [-0.3, -0.25) is 9.69 Å². The average molecular weight is 471 g/mol. The Morgan fingerprint density at radius 1 is 1.12 bits per heavy atom. The maximum absolute atomic E-state index is 12.8. The molecule has 2 saturated heterocycles. The van der Waals surface area contributed by atoms with Crippen LogP contribution < -0.4 is 0 Å². The summed E-state index contributed by atoms with van der Waals surface area (Å²) in [5.41, 5.74) is 0.917. The van der Waals surface area contributed by atoms with E-state index in [-0.39, 0.29) is 35.5 Å². The summed E-state index contributed by atoms with van der Waals surface area (Å²) in [4.78, 5) is 15.3. The fourth-order valence-electron chi connectivity index (χ4n) is 3.97. The van der Waals surface area contributed by atoms with Gasteiger partial charge in [0.1, 0.15) is 18.0 Å². The predicted octanol–water partition coefficient (Wildman–Crippen LogP) is 4.20. The summed E-state index contributed by atoms with van der Waals surface area (Å²) in [5.74, 6) is -0.303. The first-order valence-electron chi connectivity index (χ1n) is 9.37. The molecule has 144 valence electrons. The average Bonchev–Trinajstić information content (AvgIpc) is 2.99. The van der Waals surface area contributed by atoms with Crippen LogP contribution in [0.3, 0.4) is 0 Å². The van der Waals surface area contributed by atoms with Crippen molar-refractivity contribution in [3.8, 4) is 0 Å². The molecule has 1 aromatic rings. The van der Waals surface area contributed by atoms with E-state index in [1.165, 1.54) is 5.56 Å². The first-order chi connectivity index (χ1) is 12.1. The second-order valence-corrected chi connectivity index (χ2v) is 9.77. The Morgan fingerprint density at radius 3 is 2.23 bits per heavy atom. The SMILES string of the molecule is CC1(C)O[C@@H]2[C@H](O1)[C@@H](CI)N(Cc1ccccc1)[C@H]2CC(=O)C(C)(C)C. The van der Waals surface area contributed by atoms with Crippen LogP contribution in [0, 0.1) is 5.41 Å². The maximum Gasteiger partial charge on any atom is 0.163 e. The molecule has 0 aromatic heterocycles. The molecule has 4 nitrogen and oxygen atoms in total. The fraction of sp³-hybridized carbons (Fsp3) is 0.667. The minimum atomic E-state index is -0.582. The largest absolute Gasteiger partial charge is 0.343 e. The molecule has 2 heterocycles. The van der Waals surface area contributed by atoms with Gasteiger partial charge in [0.05, 0.1) is 0 Å². The molecule has 0 aliphatic carbocycles. The summed E-state index contributed by atoms with van der Waals surface area (Å²) < 4.78 is 13.5. The lowest BCUT2D eigenvalue weighted by Crippen LogP contribution is -2.44. The third-order valence-electron chi connectivity index (χ3n) is 5.37. The number of carbonyl (C=O) groups is 1. The van der Waals surface area contributed by atoms with Crippen LogP contribution in [0.5, 0.6) is 0 Å². The Labute approximate surface area is 170 Å². The van der Waals surface area contributed by atoms with E-state index in [9.17, 15) is 4.79 Å². The highest BCUT2D eigenvalue weighted by Crippen LogP contribution is 2.43. The van der Waals surface area contributed by atoms with Gasteiger partial charge in [0.25, 0.3) is 0 Å². The number of fused-ring (bicyclic) bond motifs is 1. The van der Waals surface area contributed by atoms with E-state index < -0.39 is 5.79 Å². The summed E-state index contributed by atoms with van der Waals surface area (Å²) >= 11 is 2.43. The molecule has 26 heavy (non-hydrogen) atoms. The summed E-state index contributed by atoms with van der Waals surface area (Å²) in [5, 5.41) is 0. The molecule has 2 fully saturated rings. The van der Waals surface area contributed by atoms with Crippen LogP contribution in [0.4, 0.5) is 0 Å². The normalized spacial score (nSPS) is 31.2. The van der Waals surface area contributed by atoms with Crippen molar-refractivity contribution in [3.05, 3.63) is 35.9 Å². The van der Waals surface area contributed by atoms with Crippen LogP contribution in [-0.4, -0.2) is 45.2 Å². The number of Topliss-reactive ketones (excluding diaryl/α,β-unsaturated/α-hetero) is 1. The second-order valence-electron chi connectivity index (χ2n) is 8.89. The predicted molar refractivity (Wildman–Crippen MR) is 111 cm³/mol. The van der Waals surface area contributed by atoms with E-state index in [0.29, 0.717) is 6.42 Å². The Morgan fingerprint density at radius 2 is 1.69 bits per heavy atom. The molecule has 5 heteroatoms. The molecule has 0 saturated carbocycles. The van der Waals surface area contributed by atoms with Crippen LogP contribution in [0.25, 0.3) is 0 Å². The number of ether oxygens (including phenoxy) is 2. The maximum atomic E-state index is 12.8. The Bertz CT molecular complexity index is 640. The van der Waals surface area contributed by atoms with Gasteiger partial charge in [-0.05, 0) is 19.4 Å². The molecule has 0 bridgehead atoms. The van der Waals surface area contributed by atoms with Crippen LogP contribution in [0.15, 0.2) is 30.3 Å². The van der Waals surface area contributed by atoms with Crippen molar-refractivity contribution < 1.29 is 14.3 Å². The lowest BCUT2D eigenvalue weighted by atomic mass is 9.86. The van der Waals surface area contributed by atoms with E-state index in [0.717, 1.165) is 11.0 Å². The van der Waals surface area contributed by atoms with Crippen LogP contribution in [-0.2, 0) is 20.8 Å². The summed E-state index contributed by atoms with van der Waals surface area (Å²) in [6, 6.07) is 10.8. The second kappa shape index (κ2) is 7.49. The lowest BCUT2D eigenvalue weighted by molar-refractivity contribution is -0.168. The summed E-state index contributed by atoms with van der Waals surface area (Å²) in [6.45, 7) is 10.7. The molecule has 0 amide bonds. The lowest BCUT2D eigenvalue weighted by Gasteiger charge is -2.34. The van der Waals surface area contributed by atoms with Crippen molar-refractivity contribution in [1.82, 2.24) is 4.90 Å². The number of hydrogen-bond donors (Lipinski definition) is 0. The van der Waals surface area contributed by atoms with Crippen molar-refractivity contribution in [1.29, 1.82) is 0 Å². The molecule has 0 unspecified atom stereocenters. The topological polar surface area (TPSA) is 38.8 Å². The quantitative estimate of drug-likeness (QED) is 0.477. The van der Waals surface area contributed by atoms with Gasteiger partial charge in [-0.15, -0.1) is 0 Å². The number of hydrogen-bond acceptors (Lipinski definition) is 4. The van der Waals surface area contributed by atoms with Gasteiger partial charge >= 0.3 is 0 Å². The summed E-state index contributed by atoms with van der Waals surface area (Å²) in [6.07, 6.45) is 0.465. The Kier molecular flexibility index (Phi) is 5.83. The van der Waals surface area contributed by atoms with E-state index in [1.807, 2.05) is 40.7 Å². The summed E-state index contributed by atoms with van der Waals surface area (Å²) in [7, 11) is 0. The highest BCUT2D eigenvalue weighted by Gasteiger charge is 2.57. The van der Waals surface area contributed by atoms with Gasteiger partial charge in [-0.1, -0.05) is 73.7 Å². The van der Waals surface area contributed by atoms with E-state index in [4.69, 9.17) is 9.47 Å². The molecule has 2 aliphatic rings. The van der Waals surface area contributed by atoms with E-state index in [2.05, 4.69) is 51.8 Å². The van der Waals surface area contributed by atoms with Crippen molar-refractivity contribution in [3.63, 3.8) is 0 Å². The number of likely N-dealkylation sites (tertiary alicyclic amines) is 1. The first kappa shape index (κ1) is 20.2. The van der Waals surface area contributed by atoms with Crippen molar-refractivity contribution in [2.24, 2.45) is 5.41 Å². The van der Waals surface area contributed by atoms with Gasteiger partial charge < -0.3 is 9.47 Å². The smallest absolute Gasteiger partial charge is 0.163 e. The molecular weight excluding hydrogens is 441 g/mol. The highest BCUT2D eigenvalue weighted by atomic mass is 127. The minimum absolute atomic E-state index is 0.0170. The van der Waals surface area contributed by atoms with Gasteiger partial charge in [0.2, 0.25) is 0 Å². The molecular formula is C21H30INO3. The van der Waals surface area contributed by atoms with Crippen molar-refractivity contribution >= 4 is 28.4 Å². The van der Waals surface area contributed by atoms with Crippen molar-refractivity contribution in [2.75, 3.05) is 4.43 Å². The van der Waals surface area contributed by atoms with E-state index in [1.54, 1.807) is 0 Å². The van der Waals surface area contributed by atoms with Crippen molar-refractivity contribution in [2.45, 2.75) is 77.7 Å². The van der Waals surface area contributed by atoms with Crippen LogP contribution in [0.2, 0.25) is 0 Å². The van der Waals surface area contributed by atoms with Gasteiger partial charge in [-0.25, -0.2) is 0 Å². The molecule has 4 atom stereocenters. The number of rotatable bonds is 5. The molecule has 0 N–H and O–H groups in total. The zero-order valence-electron chi connectivity index (χ0n) is 16.4. The monoisotopic (exact) mass is 471 g/mol. The molecule has 0 spiro atoms. The number of carbonyl (C=O) groups excluding carboxylic acids is 1. The third-order valence-corrected chi connectivity index (χ3v) is 6.27. The van der Waals surface area contributed by atoms with E-state index >= 15 is 0 Å². The van der Waals surface area contributed by atoms with Gasteiger partial charge in [0.15, 0.2) is 5.79 Å². The number of nitrogens with zero attached hydrogens (tertiary/aromatic N) is 1. The standard InChI is InChI=1S/C21H30INO3/c1-20(2,3)17(24)11-15-18-19(26-21(4,5)25-18)16(12-22)23(15)13-14-9-7-6-8-10-14/h6-10,15-16,18-19H,11-13H2,1-5H3/t15-,16+,18-,19+/m0/s1. The minimum Gasteiger partial charge on any atom is -0.343 e. The Hall–Kier alpha value is -0.500. The molecule has 2 aliphatic heterocycles. The fourth-order valence-corrected chi connectivity index (χ4v) is 4.98. The Balaban J connectivity index is 1.89. The third kappa shape index (κ3) is 4.16. The van der Waals surface area contributed by atoms with Crippen LogP contribution in [0.1, 0.15) is 46.6 Å². The highest BCUT2D eigenvalue weighted by molar-refractivity contribution is 14.1. The van der Waals surface area contributed by atoms with Crippen LogP contribution >= 0.6 is 22.6 Å². The molecule has 0 radical (unpaired) electrons.